The van der Waals surface area contributed by atoms with Gasteiger partial charge in [0.25, 0.3) is 0 Å². The fourth-order valence-electron chi connectivity index (χ4n) is 3.73. The Labute approximate surface area is 134 Å². The zero-order valence-electron chi connectivity index (χ0n) is 14.1. The van der Waals surface area contributed by atoms with Gasteiger partial charge in [-0.25, -0.2) is 0 Å². The van der Waals surface area contributed by atoms with Crippen LogP contribution in [-0.4, -0.2) is 12.5 Å². The van der Waals surface area contributed by atoms with Crippen molar-refractivity contribution >= 4 is 5.91 Å². The van der Waals surface area contributed by atoms with Crippen molar-refractivity contribution in [1.29, 1.82) is 0 Å². The fraction of sp³-hybridized carbons (Fsp3) is 0.550. The molecule has 3 rings (SSSR count). The molecule has 1 N–H and O–H groups in total. The maximum absolute atomic E-state index is 12.6. The highest BCUT2D eigenvalue weighted by Gasteiger charge is 2.60. The molecule has 2 saturated carbocycles. The second-order valence-electron chi connectivity index (χ2n) is 7.93. The van der Waals surface area contributed by atoms with Gasteiger partial charge in [-0.3, -0.25) is 4.79 Å². The van der Waals surface area contributed by atoms with E-state index in [4.69, 9.17) is 0 Å². The summed E-state index contributed by atoms with van der Waals surface area (Å²) in [7, 11) is 0. The Morgan fingerprint density at radius 3 is 2.41 bits per heavy atom. The molecule has 0 spiro atoms. The molecule has 2 aliphatic carbocycles. The monoisotopic (exact) mass is 297 g/mol. The summed E-state index contributed by atoms with van der Waals surface area (Å²) in [6, 6.07) is 10.6. The lowest BCUT2D eigenvalue weighted by Crippen LogP contribution is -2.34. The third-order valence-electron chi connectivity index (χ3n) is 5.55. The second-order valence-corrected chi connectivity index (χ2v) is 7.93. The van der Waals surface area contributed by atoms with E-state index in [9.17, 15) is 4.79 Å². The summed E-state index contributed by atoms with van der Waals surface area (Å²) in [5.41, 5.74) is 2.97. The smallest absolute Gasteiger partial charge is 0.224 e. The second kappa shape index (κ2) is 5.26. The molecule has 0 heterocycles. The number of amides is 1. The number of nitrogens with one attached hydrogen (secondary N) is 1. The Hall–Kier alpha value is -1.57. The first kappa shape index (κ1) is 15.3. The molecular formula is C20H27NO. The number of carbonyl (C=O) groups excluding carboxylic acids is 1. The molecule has 1 aromatic carbocycles. The van der Waals surface area contributed by atoms with E-state index < -0.39 is 0 Å². The Morgan fingerprint density at radius 1 is 1.23 bits per heavy atom. The van der Waals surface area contributed by atoms with Crippen molar-refractivity contribution in [2.45, 2.75) is 46.0 Å². The van der Waals surface area contributed by atoms with Gasteiger partial charge in [-0.15, -0.1) is 0 Å². The van der Waals surface area contributed by atoms with Crippen molar-refractivity contribution in [1.82, 2.24) is 5.32 Å². The van der Waals surface area contributed by atoms with Crippen LogP contribution < -0.4 is 5.32 Å². The van der Waals surface area contributed by atoms with Crippen molar-refractivity contribution in [2.75, 3.05) is 6.54 Å². The molecular weight excluding hydrogens is 270 g/mol. The molecule has 0 bridgehead atoms. The lowest BCUT2D eigenvalue weighted by atomic mass is 9.96. The van der Waals surface area contributed by atoms with E-state index in [-0.39, 0.29) is 22.7 Å². The van der Waals surface area contributed by atoms with Crippen LogP contribution in [0.2, 0.25) is 0 Å². The molecule has 2 nitrogen and oxygen atoms in total. The number of carbonyl (C=O) groups is 1. The van der Waals surface area contributed by atoms with Gasteiger partial charge >= 0.3 is 0 Å². The Kier molecular flexibility index (Phi) is 3.66. The van der Waals surface area contributed by atoms with E-state index in [0.717, 1.165) is 6.54 Å². The molecule has 2 fully saturated rings. The van der Waals surface area contributed by atoms with Crippen LogP contribution in [0.1, 0.15) is 46.1 Å². The predicted molar refractivity (Wildman–Crippen MR) is 90.6 cm³/mol. The Bertz CT molecular complexity index is 591. The van der Waals surface area contributed by atoms with E-state index in [1.54, 1.807) is 0 Å². The highest BCUT2D eigenvalue weighted by Crippen LogP contribution is 2.59. The maximum atomic E-state index is 12.6. The summed E-state index contributed by atoms with van der Waals surface area (Å²) in [5.74, 6) is 0.757. The summed E-state index contributed by atoms with van der Waals surface area (Å²) >= 11 is 0. The van der Waals surface area contributed by atoms with E-state index in [1.165, 1.54) is 24.0 Å². The number of rotatable bonds is 5. The van der Waals surface area contributed by atoms with Gasteiger partial charge < -0.3 is 5.32 Å². The van der Waals surface area contributed by atoms with Gasteiger partial charge in [0.2, 0.25) is 5.91 Å². The standard InChI is InChI=1S/C20H27NO/c1-14(2)12-16-17(19(16,3)4)18(22)21-13-20(10-11-20)15-8-6-5-7-9-15/h5-9,12,16-17H,10-11,13H2,1-4H3,(H,21,22)/t16-,17+/m1/s1. The molecule has 0 aliphatic heterocycles. The third kappa shape index (κ3) is 2.71. The predicted octanol–water partition coefficient (Wildman–Crippen LogP) is 4.07. The van der Waals surface area contributed by atoms with Crippen molar-refractivity contribution in [3.63, 3.8) is 0 Å². The molecule has 0 unspecified atom stereocenters. The van der Waals surface area contributed by atoms with Crippen molar-refractivity contribution < 1.29 is 4.79 Å². The zero-order valence-corrected chi connectivity index (χ0v) is 14.1. The lowest BCUT2D eigenvalue weighted by molar-refractivity contribution is -0.123. The number of benzene rings is 1. The average molecular weight is 297 g/mol. The summed E-state index contributed by atoms with van der Waals surface area (Å²) in [6.45, 7) is 9.40. The first-order chi connectivity index (χ1) is 10.4. The first-order valence-corrected chi connectivity index (χ1v) is 8.35. The van der Waals surface area contributed by atoms with Crippen LogP contribution in [-0.2, 0) is 10.2 Å². The number of hydrogen-bond acceptors (Lipinski definition) is 1. The topological polar surface area (TPSA) is 29.1 Å². The molecule has 2 heteroatoms. The summed E-state index contributed by atoms with van der Waals surface area (Å²) in [4.78, 5) is 12.6. The lowest BCUT2D eigenvalue weighted by Gasteiger charge is -2.17. The molecule has 2 atom stereocenters. The van der Waals surface area contributed by atoms with Crippen LogP contribution in [0.3, 0.4) is 0 Å². The quantitative estimate of drug-likeness (QED) is 0.815. The molecule has 2 aliphatic rings. The van der Waals surface area contributed by atoms with Gasteiger partial charge in [-0.05, 0) is 43.6 Å². The normalized spacial score (nSPS) is 26.9. The maximum Gasteiger partial charge on any atom is 0.224 e. The largest absolute Gasteiger partial charge is 0.355 e. The van der Waals surface area contributed by atoms with Crippen molar-refractivity contribution in [3.8, 4) is 0 Å². The molecule has 0 radical (unpaired) electrons. The number of allylic oxidation sites excluding steroid dienone is 2. The summed E-state index contributed by atoms with van der Waals surface area (Å²) in [5, 5.41) is 3.24. The summed E-state index contributed by atoms with van der Waals surface area (Å²) < 4.78 is 0. The first-order valence-electron chi connectivity index (χ1n) is 8.35. The van der Waals surface area contributed by atoms with Crippen LogP contribution >= 0.6 is 0 Å². The van der Waals surface area contributed by atoms with Gasteiger partial charge in [0.1, 0.15) is 0 Å². The van der Waals surface area contributed by atoms with Crippen LogP contribution in [0, 0.1) is 17.3 Å². The Balaban J connectivity index is 1.61. The zero-order chi connectivity index (χ0) is 16.0. The van der Waals surface area contributed by atoms with E-state index in [2.05, 4.69) is 69.4 Å². The van der Waals surface area contributed by atoms with Gasteiger partial charge in [0.15, 0.2) is 0 Å². The van der Waals surface area contributed by atoms with Crippen molar-refractivity contribution in [3.05, 3.63) is 47.5 Å². The van der Waals surface area contributed by atoms with Gasteiger partial charge in [-0.2, -0.15) is 0 Å². The molecule has 118 valence electrons. The van der Waals surface area contributed by atoms with E-state index >= 15 is 0 Å². The highest BCUT2D eigenvalue weighted by atomic mass is 16.2. The van der Waals surface area contributed by atoms with E-state index in [1.807, 2.05) is 0 Å². The minimum Gasteiger partial charge on any atom is -0.355 e. The van der Waals surface area contributed by atoms with E-state index in [0.29, 0.717) is 5.92 Å². The minimum atomic E-state index is 0.102. The SMILES string of the molecule is CC(C)=C[C@@H]1[C@@H](C(=O)NCC2(c3ccccc3)CC2)C1(C)C. The van der Waals surface area contributed by atoms with Crippen LogP contribution in [0.25, 0.3) is 0 Å². The minimum absolute atomic E-state index is 0.102. The molecule has 0 saturated heterocycles. The average Bonchev–Trinajstić information content (AvgIpc) is 3.35. The van der Waals surface area contributed by atoms with Crippen LogP contribution in [0.5, 0.6) is 0 Å². The number of hydrogen-bond donors (Lipinski definition) is 1. The molecule has 1 amide bonds. The third-order valence-corrected chi connectivity index (χ3v) is 5.55. The molecule has 1 aromatic rings. The molecule has 22 heavy (non-hydrogen) atoms. The van der Waals surface area contributed by atoms with Crippen LogP contribution in [0.4, 0.5) is 0 Å². The van der Waals surface area contributed by atoms with Gasteiger partial charge in [-0.1, -0.05) is 55.8 Å². The molecule has 0 aromatic heterocycles. The van der Waals surface area contributed by atoms with Gasteiger partial charge in [0.05, 0.1) is 5.92 Å². The highest BCUT2D eigenvalue weighted by molar-refractivity contribution is 5.83. The summed E-state index contributed by atoms with van der Waals surface area (Å²) in [6.07, 6.45) is 4.62. The fourth-order valence-corrected chi connectivity index (χ4v) is 3.73. The van der Waals surface area contributed by atoms with Gasteiger partial charge in [0, 0.05) is 12.0 Å². The van der Waals surface area contributed by atoms with Crippen molar-refractivity contribution in [2.24, 2.45) is 17.3 Å². The van der Waals surface area contributed by atoms with Crippen LogP contribution in [0.15, 0.2) is 42.0 Å². The Morgan fingerprint density at radius 2 is 1.86 bits per heavy atom.